The molecule has 29 heavy (non-hydrogen) atoms. The summed E-state index contributed by atoms with van der Waals surface area (Å²) in [7, 11) is 0. The topological polar surface area (TPSA) is 73.9 Å². The van der Waals surface area contributed by atoms with E-state index in [4.69, 9.17) is 0 Å². The number of nitrogens with one attached hydrogen (secondary N) is 2. The highest BCUT2D eigenvalue weighted by molar-refractivity contribution is 8.04. The van der Waals surface area contributed by atoms with Gasteiger partial charge in [0.1, 0.15) is 17.8 Å². The second kappa shape index (κ2) is 7.22. The number of aryl methyl sites for hydroxylation is 1. The molecule has 7 heteroatoms. The molecule has 0 saturated carbocycles. The first-order valence-corrected chi connectivity index (χ1v) is 10.9. The third-order valence-corrected chi connectivity index (χ3v) is 6.90. The minimum absolute atomic E-state index is 0.000414. The smallest absolute Gasteiger partial charge is 0.259 e. The second-order valence-corrected chi connectivity index (χ2v) is 8.84. The van der Waals surface area contributed by atoms with Crippen LogP contribution in [0.5, 0.6) is 0 Å². The molecular formula is C22H23N5OS. The zero-order chi connectivity index (χ0) is 20.0. The van der Waals surface area contributed by atoms with Gasteiger partial charge in [0.05, 0.1) is 10.3 Å². The standard InChI is InChI=1S/C22H23N5OS/c1-13-10-23-20-19(13)21(25-12-24-20)27-7-8-29-18(11-27)22(28)26-17-9-15-5-3-4-6-16(15)14(17)2/h3-6,10-12,14,17H,7-9H2,1-2H3,(H,26,28)(H,23,24,25)/t14-,17+/m0/s1. The molecule has 1 aromatic carbocycles. The average molecular weight is 406 g/mol. The van der Waals surface area contributed by atoms with Crippen LogP contribution in [-0.2, 0) is 11.2 Å². The van der Waals surface area contributed by atoms with E-state index in [-0.39, 0.29) is 11.9 Å². The summed E-state index contributed by atoms with van der Waals surface area (Å²) < 4.78 is 0. The molecule has 0 spiro atoms. The zero-order valence-electron chi connectivity index (χ0n) is 16.5. The number of aromatic nitrogens is 3. The lowest BCUT2D eigenvalue weighted by Crippen LogP contribution is -2.39. The summed E-state index contributed by atoms with van der Waals surface area (Å²) >= 11 is 1.61. The Balaban J connectivity index is 1.38. The van der Waals surface area contributed by atoms with Crippen LogP contribution in [0.25, 0.3) is 11.0 Å². The van der Waals surface area contributed by atoms with Gasteiger partial charge < -0.3 is 15.2 Å². The van der Waals surface area contributed by atoms with Crippen molar-refractivity contribution in [2.24, 2.45) is 0 Å². The fourth-order valence-corrected chi connectivity index (χ4v) is 5.21. The Hall–Kier alpha value is -2.80. The first-order valence-electron chi connectivity index (χ1n) is 9.90. The molecule has 1 aliphatic carbocycles. The van der Waals surface area contributed by atoms with Crippen LogP contribution in [0.4, 0.5) is 5.82 Å². The van der Waals surface area contributed by atoms with E-state index >= 15 is 0 Å². The molecule has 2 aliphatic rings. The first-order chi connectivity index (χ1) is 14.1. The fraction of sp³-hybridized carbons (Fsp3) is 0.318. The molecule has 0 unspecified atom stereocenters. The molecule has 0 bridgehead atoms. The lowest BCUT2D eigenvalue weighted by atomic mass is 10.0. The summed E-state index contributed by atoms with van der Waals surface area (Å²) in [5, 5.41) is 4.28. The number of nitrogens with zero attached hydrogens (tertiary/aromatic N) is 3. The number of anilines is 1. The van der Waals surface area contributed by atoms with Gasteiger partial charge in [-0.1, -0.05) is 31.2 Å². The van der Waals surface area contributed by atoms with Gasteiger partial charge in [-0.15, -0.1) is 11.8 Å². The number of carbonyl (C=O) groups is 1. The summed E-state index contributed by atoms with van der Waals surface area (Å²) in [4.78, 5) is 27.8. The number of H-pyrrole nitrogens is 1. The minimum Gasteiger partial charge on any atom is -0.348 e. The highest BCUT2D eigenvalue weighted by Gasteiger charge is 2.31. The molecule has 2 N–H and O–H groups in total. The van der Waals surface area contributed by atoms with Crippen molar-refractivity contribution >= 4 is 34.5 Å². The van der Waals surface area contributed by atoms with Gasteiger partial charge in [-0.05, 0) is 30.0 Å². The van der Waals surface area contributed by atoms with E-state index in [9.17, 15) is 4.79 Å². The molecule has 0 saturated heterocycles. The van der Waals surface area contributed by atoms with E-state index in [2.05, 4.69) is 56.4 Å². The van der Waals surface area contributed by atoms with Gasteiger partial charge in [0.15, 0.2) is 0 Å². The Morgan fingerprint density at radius 1 is 1.31 bits per heavy atom. The Morgan fingerprint density at radius 2 is 2.17 bits per heavy atom. The predicted molar refractivity (Wildman–Crippen MR) is 117 cm³/mol. The number of hydrogen-bond acceptors (Lipinski definition) is 5. The number of fused-ring (bicyclic) bond motifs is 2. The summed E-state index contributed by atoms with van der Waals surface area (Å²) in [6.07, 6.45) is 6.34. The van der Waals surface area contributed by atoms with Gasteiger partial charge in [-0.2, -0.15) is 0 Å². The average Bonchev–Trinajstić information content (AvgIpc) is 3.28. The molecule has 3 aromatic rings. The first kappa shape index (κ1) is 18.2. The van der Waals surface area contributed by atoms with Crippen LogP contribution in [0.1, 0.15) is 29.5 Å². The lowest BCUT2D eigenvalue weighted by Gasteiger charge is -2.27. The molecular weight excluding hydrogens is 382 g/mol. The van der Waals surface area contributed by atoms with Crippen LogP contribution in [0.2, 0.25) is 0 Å². The lowest BCUT2D eigenvalue weighted by molar-refractivity contribution is -0.117. The van der Waals surface area contributed by atoms with Gasteiger partial charge in [-0.3, -0.25) is 4.79 Å². The number of amides is 1. The summed E-state index contributed by atoms with van der Waals surface area (Å²) in [5.74, 6) is 2.01. The highest BCUT2D eigenvalue weighted by atomic mass is 32.2. The van der Waals surface area contributed by atoms with Crippen molar-refractivity contribution in [1.82, 2.24) is 20.3 Å². The number of carbonyl (C=O) groups excluding carboxylic acids is 1. The van der Waals surface area contributed by atoms with Crippen molar-refractivity contribution in [3.05, 3.63) is 64.6 Å². The monoisotopic (exact) mass is 405 g/mol. The maximum Gasteiger partial charge on any atom is 0.259 e. The van der Waals surface area contributed by atoms with Crippen LogP contribution < -0.4 is 10.2 Å². The molecule has 0 radical (unpaired) electrons. The van der Waals surface area contributed by atoms with Gasteiger partial charge in [0.25, 0.3) is 5.91 Å². The summed E-state index contributed by atoms with van der Waals surface area (Å²) in [6, 6.07) is 8.60. The van der Waals surface area contributed by atoms with E-state index in [0.717, 1.165) is 46.0 Å². The third-order valence-electron chi connectivity index (χ3n) is 5.91. The van der Waals surface area contributed by atoms with E-state index in [1.807, 2.05) is 19.3 Å². The number of benzene rings is 1. The number of hydrogen-bond donors (Lipinski definition) is 2. The SMILES string of the molecule is Cc1c[nH]c2ncnc(N3C=C(C(=O)N[C@@H]4Cc5ccccc5[C@@H]4C)SCC3)c12. The van der Waals surface area contributed by atoms with E-state index in [1.54, 1.807) is 18.1 Å². The molecule has 0 fully saturated rings. The van der Waals surface area contributed by atoms with Gasteiger partial charge in [-0.25, -0.2) is 9.97 Å². The maximum atomic E-state index is 13.0. The Kier molecular flexibility index (Phi) is 4.54. The van der Waals surface area contributed by atoms with E-state index < -0.39 is 0 Å². The number of rotatable bonds is 3. The van der Waals surface area contributed by atoms with E-state index in [0.29, 0.717) is 5.92 Å². The Bertz CT molecular complexity index is 1120. The maximum absolute atomic E-state index is 13.0. The second-order valence-electron chi connectivity index (χ2n) is 7.70. The van der Waals surface area contributed by atoms with Gasteiger partial charge in [0.2, 0.25) is 0 Å². The largest absolute Gasteiger partial charge is 0.348 e. The molecule has 148 valence electrons. The van der Waals surface area contributed by atoms with Crippen molar-refractivity contribution in [3.8, 4) is 0 Å². The fourth-order valence-electron chi connectivity index (χ4n) is 4.31. The minimum atomic E-state index is 0.000414. The molecule has 1 aliphatic heterocycles. The Morgan fingerprint density at radius 3 is 3.03 bits per heavy atom. The normalized spacial score (nSPS) is 21.2. The van der Waals surface area contributed by atoms with Crippen LogP contribution in [0, 0.1) is 6.92 Å². The molecule has 2 atom stereocenters. The van der Waals surface area contributed by atoms with Gasteiger partial charge >= 0.3 is 0 Å². The molecule has 2 aromatic heterocycles. The molecule has 5 rings (SSSR count). The summed E-state index contributed by atoms with van der Waals surface area (Å²) in [5.41, 5.74) is 4.60. The number of thioether (sulfide) groups is 1. The van der Waals surface area contributed by atoms with Crippen LogP contribution in [0.15, 0.2) is 47.9 Å². The zero-order valence-corrected chi connectivity index (χ0v) is 17.3. The van der Waals surface area contributed by atoms with Crippen molar-refractivity contribution < 1.29 is 4.79 Å². The van der Waals surface area contributed by atoms with Crippen LogP contribution >= 0.6 is 11.8 Å². The summed E-state index contributed by atoms with van der Waals surface area (Å²) in [6.45, 7) is 5.04. The molecule has 3 heterocycles. The van der Waals surface area contributed by atoms with Crippen LogP contribution in [-0.4, -0.2) is 39.2 Å². The quantitative estimate of drug-likeness (QED) is 0.698. The number of aromatic amines is 1. The highest BCUT2D eigenvalue weighted by Crippen LogP contribution is 2.34. The van der Waals surface area contributed by atoms with Crippen molar-refractivity contribution in [3.63, 3.8) is 0 Å². The van der Waals surface area contributed by atoms with Crippen molar-refractivity contribution in [2.75, 3.05) is 17.2 Å². The van der Waals surface area contributed by atoms with Gasteiger partial charge in [0, 0.05) is 36.7 Å². The molecule has 1 amide bonds. The van der Waals surface area contributed by atoms with E-state index in [1.165, 1.54) is 11.1 Å². The van der Waals surface area contributed by atoms with Crippen LogP contribution in [0.3, 0.4) is 0 Å². The van der Waals surface area contributed by atoms with Crippen molar-refractivity contribution in [2.45, 2.75) is 32.2 Å². The predicted octanol–water partition coefficient (Wildman–Crippen LogP) is 3.51. The van der Waals surface area contributed by atoms with Crippen molar-refractivity contribution in [1.29, 1.82) is 0 Å². The Labute approximate surface area is 173 Å². The molecule has 6 nitrogen and oxygen atoms in total. The third kappa shape index (κ3) is 3.19.